The maximum absolute atomic E-state index is 5.33. The summed E-state index contributed by atoms with van der Waals surface area (Å²) in [6.07, 6.45) is 2.53. The number of ether oxygens (including phenoxy) is 1. The number of piperazine rings is 1. The Bertz CT molecular complexity index is 798. The molecule has 2 aromatic rings. The minimum atomic E-state index is 0.471. The molecule has 2 aliphatic heterocycles. The van der Waals surface area contributed by atoms with E-state index in [1.165, 1.54) is 29.5 Å². The van der Waals surface area contributed by atoms with Crippen molar-refractivity contribution in [3.63, 3.8) is 0 Å². The molecule has 1 unspecified atom stereocenters. The molecule has 4 heteroatoms. The van der Waals surface area contributed by atoms with Gasteiger partial charge in [-0.25, -0.2) is 0 Å². The zero-order valence-corrected chi connectivity index (χ0v) is 18.8. The van der Waals surface area contributed by atoms with Crippen LogP contribution in [0, 0.1) is 0 Å². The molecule has 2 aliphatic rings. The van der Waals surface area contributed by atoms with Crippen LogP contribution in [0.4, 0.5) is 0 Å². The summed E-state index contributed by atoms with van der Waals surface area (Å²) in [6.45, 7) is 11.3. The van der Waals surface area contributed by atoms with Crippen molar-refractivity contribution in [1.82, 2.24) is 15.1 Å². The van der Waals surface area contributed by atoms with Crippen molar-refractivity contribution in [1.29, 1.82) is 0 Å². The average Bonchev–Trinajstić information content (AvgIpc) is 2.80. The third-order valence-electron chi connectivity index (χ3n) is 6.83. The van der Waals surface area contributed by atoms with Gasteiger partial charge in [-0.3, -0.25) is 9.80 Å². The van der Waals surface area contributed by atoms with Gasteiger partial charge >= 0.3 is 0 Å². The van der Waals surface area contributed by atoms with Crippen LogP contribution in [0.1, 0.15) is 55.3 Å². The molecule has 4 rings (SSSR count). The van der Waals surface area contributed by atoms with Gasteiger partial charge in [-0.15, -0.1) is 0 Å². The molecule has 0 spiro atoms. The largest absolute Gasteiger partial charge is 0.497 e. The van der Waals surface area contributed by atoms with E-state index in [1.54, 1.807) is 7.11 Å². The average molecular weight is 408 g/mol. The first-order valence-electron chi connectivity index (χ1n) is 11.6. The molecule has 0 amide bonds. The Balaban J connectivity index is 1.57. The van der Waals surface area contributed by atoms with Gasteiger partial charge in [0.05, 0.1) is 7.11 Å². The summed E-state index contributed by atoms with van der Waals surface area (Å²) in [7, 11) is 1.73. The van der Waals surface area contributed by atoms with Crippen molar-refractivity contribution >= 4 is 0 Å². The molecule has 0 aliphatic carbocycles. The lowest BCUT2D eigenvalue weighted by molar-refractivity contribution is 0.0250. The van der Waals surface area contributed by atoms with E-state index >= 15 is 0 Å². The van der Waals surface area contributed by atoms with Crippen molar-refractivity contribution in [2.24, 2.45) is 0 Å². The molecular weight excluding hydrogens is 370 g/mol. The fourth-order valence-corrected chi connectivity index (χ4v) is 5.18. The molecule has 30 heavy (non-hydrogen) atoms. The Labute approximate surface area is 182 Å². The van der Waals surface area contributed by atoms with Gasteiger partial charge in [0.2, 0.25) is 0 Å². The molecule has 0 saturated carbocycles. The van der Waals surface area contributed by atoms with Gasteiger partial charge < -0.3 is 10.1 Å². The fraction of sp³-hybridized carbons (Fsp3) is 0.538. The van der Waals surface area contributed by atoms with E-state index in [-0.39, 0.29) is 0 Å². The normalized spacial score (nSPS) is 21.8. The second-order valence-corrected chi connectivity index (χ2v) is 9.10. The van der Waals surface area contributed by atoms with Crippen LogP contribution < -0.4 is 10.1 Å². The van der Waals surface area contributed by atoms with Gasteiger partial charge in [-0.05, 0) is 60.7 Å². The summed E-state index contributed by atoms with van der Waals surface area (Å²) in [5.41, 5.74) is 4.40. The number of nitrogens with one attached hydrogen (secondary N) is 1. The van der Waals surface area contributed by atoms with Crippen LogP contribution in [0.2, 0.25) is 0 Å². The standard InChI is InChI=1S/C26H37N3O/c1-20(2)24-6-4-5-7-25(24)26-19-28(18-21-8-10-23(30-3)11-9-21)16-17-29(26)22-12-14-27-15-13-22/h4-11,20,22,26-27H,12-19H2,1-3H3. The van der Waals surface area contributed by atoms with E-state index in [2.05, 4.69) is 77.5 Å². The summed E-state index contributed by atoms with van der Waals surface area (Å²) in [5, 5.41) is 3.54. The summed E-state index contributed by atoms with van der Waals surface area (Å²) >= 11 is 0. The number of rotatable bonds is 6. The maximum Gasteiger partial charge on any atom is 0.118 e. The number of benzene rings is 2. The van der Waals surface area contributed by atoms with E-state index in [4.69, 9.17) is 4.74 Å². The Kier molecular flexibility index (Phi) is 7.08. The molecule has 0 radical (unpaired) electrons. The fourth-order valence-electron chi connectivity index (χ4n) is 5.18. The molecule has 1 atom stereocenters. The molecule has 162 valence electrons. The molecule has 2 fully saturated rings. The third-order valence-corrected chi connectivity index (χ3v) is 6.83. The molecule has 0 aromatic heterocycles. The predicted molar refractivity (Wildman–Crippen MR) is 124 cm³/mol. The van der Waals surface area contributed by atoms with Gasteiger partial charge in [-0.1, -0.05) is 50.2 Å². The van der Waals surface area contributed by atoms with Crippen molar-refractivity contribution in [2.75, 3.05) is 39.8 Å². The van der Waals surface area contributed by atoms with Gasteiger partial charge in [0.15, 0.2) is 0 Å². The summed E-state index contributed by atoms with van der Waals surface area (Å²) in [6, 6.07) is 18.9. The Morgan fingerprint density at radius 1 is 1.00 bits per heavy atom. The van der Waals surface area contributed by atoms with Crippen LogP contribution in [0.25, 0.3) is 0 Å². The van der Waals surface area contributed by atoms with Crippen molar-refractivity contribution in [3.05, 3.63) is 65.2 Å². The molecule has 2 aromatic carbocycles. The number of hydrogen-bond donors (Lipinski definition) is 1. The minimum Gasteiger partial charge on any atom is -0.497 e. The number of hydrogen-bond acceptors (Lipinski definition) is 4. The zero-order valence-electron chi connectivity index (χ0n) is 18.8. The van der Waals surface area contributed by atoms with Crippen LogP contribution in [0.5, 0.6) is 5.75 Å². The van der Waals surface area contributed by atoms with Crippen LogP contribution in [-0.4, -0.2) is 55.7 Å². The smallest absolute Gasteiger partial charge is 0.118 e. The second-order valence-electron chi connectivity index (χ2n) is 9.10. The van der Waals surface area contributed by atoms with Gasteiger partial charge in [0.1, 0.15) is 5.75 Å². The van der Waals surface area contributed by atoms with E-state index in [0.29, 0.717) is 18.0 Å². The summed E-state index contributed by atoms with van der Waals surface area (Å²) in [5.74, 6) is 1.48. The Hall–Kier alpha value is -1.88. The third kappa shape index (κ3) is 4.88. The SMILES string of the molecule is COc1ccc(CN2CCN(C3CCNCC3)C(c3ccccc3C(C)C)C2)cc1. The lowest BCUT2D eigenvalue weighted by Crippen LogP contribution is -2.54. The van der Waals surface area contributed by atoms with Crippen molar-refractivity contribution in [3.8, 4) is 5.75 Å². The molecule has 2 saturated heterocycles. The van der Waals surface area contributed by atoms with E-state index < -0.39 is 0 Å². The predicted octanol–water partition coefficient (Wildman–Crippen LogP) is 4.43. The van der Waals surface area contributed by atoms with E-state index in [0.717, 1.165) is 45.0 Å². The maximum atomic E-state index is 5.33. The number of nitrogens with zero attached hydrogens (tertiary/aromatic N) is 2. The van der Waals surface area contributed by atoms with Crippen LogP contribution >= 0.6 is 0 Å². The molecule has 4 nitrogen and oxygen atoms in total. The van der Waals surface area contributed by atoms with Gasteiger partial charge in [0.25, 0.3) is 0 Å². The highest BCUT2D eigenvalue weighted by Gasteiger charge is 2.34. The van der Waals surface area contributed by atoms with Crippen molar-refractivity contribution in [2.45, 2.75) is 51.2 Å². The van der Waals surface area contributed by atoms with Crippen molar-refractivity contribution < 1.29 is 4.74 Å². The van der Waals surface area contributed by atoms with Gasteiger partial charge in [-0.2, -0.15) is 0 Å². The monoisotopic (exact) mass is 407 g/mol. The Morgan fingerprint density at radius 3 is 2.43 bits per heavy atom. The first-order valence-corrected chi connectivity index (χ1v) is 11.6. The lowest BCUT2D eigenvalue weighted by Gasteiger charge is -2.47. The summed E-state index contributed by atoms with van der Waals surface area (Å²) < 4.78 is 5.33. The zero-order chi connectivity index (χ0) is 20.9. The number of methoxy groups -OCH3 is 1. The highest BCUT2D eigenvalue weighted by molar-refractivity contribution is 5.33. The van der Waals surface area contributed by atoms with Crippen LogP contribution in [0.3, 0.4) is 0 Å². The molecule has 2 heterocycles. The first-order chi connectivity index (χ1) is 14.7. The lowest BCUT2D eigenvalue weighted by atomic mass is 9.89. The van der Waals surface area contributed by atoms with Gasteiger partial charge in [0, 0.05) is 38.3 Å². The van der Waals surface area contributed by atoms with E-state index in [9.17, 15) is 0 Å². The molecule has 0 bridgehead atoms. The highest BCUT2D eigenvalue weighted by Crippen LogP contribution is 2.35. The summed E-state index contributed by atoms with van der Waals surface area (Å²) in [4.78, 5) is 5.47. The number of piperidine rings is 1. The highest BCUT2D eigenvalue weighted by atomic mass is 16.5. The topological polar surface area (TPSA) is 27.7 Å². The molecule has 1 N–H and O–H groups in total. The van der Waals surface area contributed by atoms with E-state index in [1.807, 2.05) is 0 Å². The van der Waals surface area contributed by atoms with Crippen LogP contribution in [0.15, 0.2) is 48.5 Å². The van der Waals surface area contributed by atoms with Crippen LogP contribution in [-0.2, 0) is 6.54 Å². The Morgan fingerprint density at radius 2 is 1.73 bits per heavy atom. The second kappa shape index (κ2) is 9.95. The molecular formula is C26H37N3O. The first kappa shape index (κ1) is 21.4. The quantitative estimate of drug-likeness (QED) is 0.767. The minimum absolute atomic E-state index is 0.471.